The van der Waals surface area contributed by atoms with Gasteiger partial charge in [-0.3, -0.25) is 9.78 Å². The Morgan fingerprint density at radius 1 is 1.06 bits per heavy atom. The molecule has 32 heavy (non-hydrogen) atoms. The second kappa shape index (κ2) is 8.15. The lowest BCUT2D eigenvalue weighted by Crippen LogP contribution is -2.02. The number of nitrogens with zero attached hydrogens (tertiary/aromatic N) is 2. The monoisotopic (exact) mass is 423 g/mol. The van der Waals surface area contributed by atoms with Crippen LogP contribution < -0.4 is 4.74 Å². The fourth-order valence-electron chi connectivity index (χ4n) is 3.84. The van der Waals surface area contributed by atoms with Crippen molar-refractivity contribution in [3.8, 4) is 16.9 Å². The van der Waals surface area contributed by atoms with E-state index in [1.807, 2.05) is 62.4 Å². The highest BCUT2D eigenvalue weighted by molar-refractivity contribution is 6.15. The van der Waals surface area contributed by atoms with E-state index >= 15 is 0 Å². The molecular formula is C26H21N3O3. The minimum Gasteiger partial charge on any atom is -0.489 e. The molecule has 0 radical (unpaired) electrons. The molecule has 0 aliphatic heterocycles. The summed E-state index contributed by atoms with van der Waals surface area (Å²) < 4.78 is 11.1. The van der Waals surface area contributed by atoms with Gasteiger partial charge in [-0.2, -0.15) is 0 Å². The molecule has 0 aliphatic carbocycles. The molecule has 1 N–H and O–H groups in total. The SMILES string of the molecule is Cc1noc(C)c1-c1cnc2c(C(=O)c3cccc(OCc4ccccc4)c3)c[nH]c2c1. The lowest BCUT2D eigenvalue weighted by molar-refractivity contribution is 0.103. The van der Waals surface area contributed by atoms with Gasteiger partial charge >= 0.3 is 0 Å². The van der Waals surface area contributed by atoms with Gasteiger partial charge in [-0.1, -0.05) is 47.6 Å². The number of ketones is 1. The maximum atomic E-state index is 13.2. The lowest BCUT2D eigenvalue weighted by atomic mass is 10.0. The van der Waals surface area contributed by atoms with Crippen molar-refractivity contribution in [2.75, 3.05) is 0 Å². The number of carbonyl (C=O) groups is 1. The molecule has 0 bridgehead atoms. The molecule has 3 heterocycles. The largest absolute Gasteiger partial charge is 0.489 e. The lowest BCUT2D eigenvalue weighted by Gasteiger charge is -2.08. The topological polar surface area (TPSA) is 81.0 Å². The fourth-order valence-corrected chi connectivity index (χ4v) is 3.84. The minimum atomic E-state index is -0.112. The summed E-state index contributed by atoms with van der Waals surface area (Å²) in [4.78, 5) is 21.0. The summed E-state index contributed by atoms with van der Waals surface area (Å²) in [5, 5.41) is 4.01. The molecule has 0 spiro atoms. The molecule has 2 aromatic carbocycles. The first kappa shape index (κ1) is 19.8. The Bertz CT molecular complexity index is 1400. The summed E-state index contributed by atoms with van der Waals surface area (Å²) in [6.45, 7) is 4.21. The van der Waals surface area contributed by atoms with Crippen LogP contribution in [0.15, 0.2) is 77.6 Å². The normalized spacial score (nSPS) is 11.1. The van der Waals surface area contributed by atoms with Crippen molar-refractivity contribution < 1.29 is 14.1 Å². The predicted octanol–water partition coefficient (Wildman–Crippen LogP) is 5.64. The van der Waals surface area contributed by atoms with Crippen molar-refractivity contribution in [2.24, 2.45) is 0 Å². The molecule has 0 saturated heterocycles. The van der Waals surface area contributed by atoms with Gasteiger partial charge in [-0.25, -0.2) is 0 Å². The Morgan fingerprint density at radius 3 is 2.69 bits per heavy atom. The third-order valence-corrected chi connectivity index (χ3v) is 5.43. The van der Waals surface area contributed by atoms with Crippen molar-refractivity contribution in [2.45, 2.75) is 20.5 Å². The average molecular weight is 423 g/mol. The molecule has 0 unspecified atom stereocenters. The van der Waals surface area contributed by atoms with Crippen molar-refractivity contribution in [1.29, 1.82) is 0 Å². The van der Waals surface area contributed by atoms with Gasteiger partial charge in [0.05, 0.1) is 22.3 Å². The number of carbonyl (C=O) groups excluding carboxylic acids is 1. The molecule has 3 aromatic heterocycles. The summed E-state index contributed by atoms with van der Waals surface area (Å²) in [6, 6.07) is 19.1. The van der Waals surface area contributed by atoms with Gasteiger partial charge in [-0.05, 0) is 37.6 Å². The smallest absolute Gasteiger partial charge is 0.196 e. The van der Waals surface area contributed by atoms with Crippen LogP contribution >= 0.6 is 0 Å². The first-order valence-corrected chi connectivity index (χ1v) is 10.3. The number of aromatic nitrogens is 3. The fraction of sp³-hybridized carbons (Fsp3) is 0.115. The van der Waals surface area contributed by atoms with Crippen molar-refractivity contribution in [3.05, 3.63) is 101 Å². The third-order valence-electron chi connectivity index (χ3n) is 5.43. The van der Waals surface area contributed by atoms with E-state index in [1.165, 1.54) is 0 Å². The Morgan fingerprint density at radius 2 is 1.91 bits per heavy atom. The van der Waals surface area contributed by atoms with Crippen LogP contribution in [-0.2, 0) is 6.61 Å². The van der Waals surface area contributed by atoms with Crippen molar-refractivity contribution >= 4 is 16.8 Å². The Kier molecular flexibility index (Phi) is 5.03. The molecule has 6 heteroatoms. The second-order valence-corrected chi connectivity index (χ2v) is 7.65. The van der Waals surface area contributed by atoms with Crippen LogP contribution in [0.5, 0.6) is 5.75 Å². The average Bonchev–Trinajstić information content (AvgIpc) is 3.40. The highest BCUT2D eigenvalue weighted by Crippen LogP contribution is 2.30. The molecule has 6 nitrogen and oxygen atoms in total. The van der Waals surface area contributed by atoms with Crippen LogP contribution in [0.3, 0.4) is 0 Å². The van der Waals surface area contributed by atoms with E-state index in [2.05, 4.69) is 15.1 Å². The molecule has 0 atom stereocenters. The van der Waals surface area contributed by atoms with Crippen LogP contribution in [0.4, 0.5) is 0 Å². The molecule has 5 rings (SSSR count). The first-order valence-electron chi connectivity index (χ1n) is 10.3. The summed E-state index contributed by atoms with van der Waals surface area (Å²) in [6.07, 6.45) is 3.45. The van der Waals surface area contributed by atoms with Crippen LogP contribution in [0.25, 0.3) is 22.2 Å². The summed E-state index contributed by atoms with van der Waals surface area (Å²) in [5.41, 5.74) is 6.16. The quantitative estimate of drug-likeness (QED) is 0.357. The zero-order chi connectivity index (χ0) is 22.1. The highest BCUT2D eigenvalue weighted by atomic mass is 16.5. The molecule has 0 saturated carbocycles. The van der Waals surface area contributed by atoms with Gasteiger partial charge in [0.2, 0.25) is 0 Å². The zero-order valence-corrected chi connectivity index (χ0v) is 17.8. The van der Waals surface area contributed by atoms with E-state index in [0.717, 1.165) is 33.7 Å². The van der Waals surface area contributed by atoms with Crippen LogP contribution in [0, 0.1) is 13.8 Å². The van der Waals surface area contributed by atoms with Gasteiger partial charge < -0.3 is 14.2 Å². The number of rotatable bonds is 6. The number of nitrogens with one attached hydrogen (secondary N) is 1. The molecule has 0 fully saturated rings. The number of pyridine rings is 1. The van der Waals surface area contributed by atoms with Gasteiger partial charge in [0.1, 0.15) is 18.1 Å². The van der Waals surface area contributed by atoms with E-state index in [4.69, 9.17) is 9.26 Å². The van der Waals surface area contributed by atoms with Gasteiger partial charge in [0.15, 0.2) is 5.78 Å². The van der Waals surface area contributed by atoms with E-state index in [-0.39, 0.29) is 5.78 Å². The Hall–Kier alpha value is -4.19. The van der Waals surface area contributed by atoms with E-state index in [9.17, 15) is 4.79 Å². The number of benzene rings is 2. The van der Waals surface area contributed by atoms with Gasteiger partial charge in [-0.15, -0.1) is 0 Å². The van der Waals surface area contributed by atoms with E-state index in [0.29, 0.717) is 29.0 Å². The van der Waals surface area contributed by atoms with Crippen LogP contribution in [-0.4, -0.2) is 20.9 Å². The summed E-state index contributed by atoms with van der Waals surface area (Å²) >= 11 is 0. The predicted molar refractivity (Wildman–Crippen MR) is 122 cm³/mol. The molecule has 5 aromatic rings. The zero-order valence-electron chi connectivity index (χ0n) is 17.8. The summed E-state index contributed by atoms with van der Waals surface area (Å²) in [7, 11) is 0. The Labute approximate surface area is 184 Å². The van der Waals surface area contributed by atoms with Crippen molar-refractivity contribution in [1.82, 2.24) is 15.1 Å². The molecule has 0 amide bonds. The number of aromatic amines is 1. The minimum absolute atomic E-state index is 0.112. The number of aryl methyl sites for hydroxylation is 2. The molecule has 158 valence electrons. The number of hydrogen-bond acceptors (Lipinski definition) is 5. The third kappa shape index (κ3) is 3.67. The number of fused-ring (bicyclic) bond motifs is 1. The molecule has 0 aliphatic rings. The van der Waals surface area contributed by atoms with E-state index in [1.54, 1.807) is 24.5 Å². The van der Waals surface area contributed by atoms with Gasteiger partial charge in [0, 0.05) is 29.1 Å². The molecular weight excluding hydrogens is 402 g/mol. The highest BCUT2D eigenvalue weighted by Gasteiger charge is 2.18. The van der Waals surface area contributed by atoms with Crippen LogP contribution in [0.1, 0.15) is 32.9 Å². The van der Waals surface area contributed by atoms with Crippen LogP contribution in [0.2, 0.25) is 0 Å². The van der Waals surface area contributed by atoms with E-state index < -0.39 is 0 Å². The standard InChI is InChI=1S/C26H21N3O3/c1-16-24(17(2)32-29-16)20-12-23-25(28-13-20)22(14-27-23)26(30)19-9-6-10-21(11-19)31-15-18-7-4-3-5-8-18/h3-14,27H,15H2,1-2H3. The van der Waals surface area contributed by atoms with Gasteiger partial charge in [0.25, 0.3) is 0 Å². The maximum absolute atomic E-state index is 13.2. The second-order valence-electron chi connectivity index (χ2n) is 7.65. The Balaban J connectivity index is 1.41. The number of H-pyrrole nitrogens is 1. The summed E-state index contributed by atoms with van der Waals surface area (Å²) in [5.74, 6) is 1.27. The number of hydrogen-bond donors (Lipinski definition) is 1. The van der Waals surface area contributed by atoms with Crippen molar-refractivity contribution in [3.63, 3.8) is 0 Å². The maximum Gasteiger partial charge on any atom is 0.196 e. The first-order chi connectivity index (χ1) is 15.6. The number of ether oxygens (including phenoxy) is 1.